The fraction of sp³-hybridized carbons (Fsp3) is 0.417. The second-order valence-electron chi connectivity index (χ2n) is 4.14. The molecule has 1 amide bonds. The maximum Gasteiger partial charge on any atom is 0.409 e. The van der Waals surface area contributed by atoms with Crippen LogP contribution >= 0.6 is 15.9 Å². The minimum Gasteiger partial charge on any atom is -0.348 e. The van der Waals surface area contributed by atoms with Gasteiger partial charge in [-0.25, -0.2) is 0 Å². The van der Waals surface area contributed by atoms with Gasteiger partial charge in [0.2, 0.25) is 11.8 Å². The van der Waals surface area contributed by atoms with Crippen molar-refractivity contribution < 1.29 is 31.1 Å². The molecule has 9 heteroatoms. The van der Waals surface area contributed by atoms with Gasteiger partial charge in [-0.15, -0.1) is 0 Å². The van der Waals surface area contributed by atoms with E-state index in [4.69, 9.17) is 0 Å². The summed E-state index contributed by atoms with van der Waals surface area (Å²) in [6.07, 6.45) is -11.4. The van der Waals surface area contributed by atoms with Crippen LogP contribution in [0.5, 0.6) is 0 Å². The fourth-order valence-electron chi connectivity index (χ4n) is 1.63. The highest BCUT2D eigenvalue weighted by atomic mass is 79.9. The summed E-state index contributed by atoms with van der Waals surface area (Å²) >= 11 is 2.95. The number of amides is 1. The zero-order valence-electron chi connectivity index (χ0n) is 10.3. The molecule has 1 rings (SSSR count). The monoisotopic (exact) mass is 377 g/mol. The number of carbonyl (C=O) groups is 1. The van der Waals surface area contributed by atoms with E-state index in [2.05, 4.69) is 15.9 Å². The first-order valence-electron chi connectivity index (χ1n) is 5.62. The second-order valence-corrected chi connectivity index (χ2v) is 4.79. The van der Waals surface area contributed by atoms with E-state index in [0.29, 0.717) is 5.56 Å². The van der Waals surface area contributed by atoms with Gasteiger partial charge >= 0.3 is 12.4 Å². The zero-order chi connectivity index (χ0) is 16.3. The number of alkyl halides is 7. The van der Waals surface area contributed by atoms with Crippen molar-refractivity contribution in [2.75, 3.05) is 5.33 Å². The SMILES string of the molecule is O=C(NC(CBr)c1ccccc1)C(C(F)(F)F)C(F)(F)F. The molecule has 0 aromatic heterocycles. The second kappa shape index (κ2) is 6.67. The molecule has 1 aromatic rings. The van der Waals surface area contributed by atoms with Crippen LogP contribution in [0.25, 0.3) is 0 Å². The highest BCUT2D eigenvalue weighted by Crippen LogP contribution is 2.39. The van der Waals surface area contributed by atoms with Crippen LogP contribution in [0, 0.1) is 5.92 Å². The van der Waals surface area contributed by atoms with Gasteiger partial charge in [-0.2, -0.15) is 26.3 Å². The van der Waals surface area contributed by atoms with Crippen molar-refractivity contribution in [3.63, 3.8) is 0 Å². The molecule has 1 unspecified atom stereocenters. The molecule has 1 aromatic carbocycles. The maximum atomic E-state index is 12.4. The maximum absolute atomic E-state index is 12.4. The normalized spacial score (nSPS) is 14.1. The van der Waals surface area contributed by atoms with Crippen molar-refractivity contribution in [1.82, 2.24) is 5.32 Å². The molecular formula is C12H10BrF6NO. The van der Waals surface area contributed by atoms with Gasteiger partial charge in [0.15, 0.2) is 0 Å². The molecule has 0 bridgehead atoms. The minimum absolute atomic E-state index is 0.0226. The van der Waals surface area contributed by atoms with Crippen LogP contribution in [0.3, 0.4) is 0 Å². The van der Waals surface area contributed by atoms with E-state index < -0.39 is 30.2 Å². The third-order valence-corrected chi connectivity index (χ3v) is 3.24. The molecule has 21 heavy (non-hydrogen) atoms. The number of halogens is 7. The minimum atomic E-state index is -5.70. The van der Waals surface area contributed by atoms with E-state index in [1.807, 2.05) is 0 Å². The Bertz CT molecular complexity index is 459. The van der Waals surface area contributed by atoms with E-state index >= 15 is 0 Å². The topological polar surface area (TPSA) is 29.1 Å². The van der Waals surface area contributed by atoms with Gasteiger partial charge in [-0.05, 0) is 5.56 Å². The first kappa shape index (κ1) is 17.8. The van der Waals surface area contributed by atoms with Crippen molar-refractivity contribution in [3.05, 3.63) is 35.9 Å². The van der Waals surface area contributed by atoms with Gasteiger partial charge in [0.25, 0.3) is 0 Å². The predicted octanol–water partition coefficient (Wildman–Crippen LogP) is 3.98. The number of hydrogen-bond acceptors (Lipinski definition) is 1. The van der Waals surface area contributed by atoms with Crippen molar-refractivity contribution in [2.24, 2.45) is 5.92 Å². The highest BCUT2D eigenvalue weighted by Gasteiger charge is 2.61. The van der Waals surface area contributed by atoms with E-state index in [0.717, 1.165) is 0 Å². The Kier molecular flexibility index (Phi) is 5.66. The molecule has 0 saturated heterocycles. The molecule has 0 aliphatic heterocycles. The molecule has 0 heterocycles. The number of benzene rings is 1. The van der Waals surface area contributed by atoms with Crippen molar-refractivity contribution in [1.29, 1.82) is 0 Å². The lowest BCUT2D eigenvalue weighted by molar-refractivity contribution is -0.274. The largest absolute Gasteiger partial charge is 0.409 e. The summed E-state index contributed by atoms with van der Waals surface area (Å²) in [6, 6.07) is 6.73. The molecule has 2 nitrogen and oxygen atoms in total. The van der Waals surface area contributed by atoms with E-state index in [1.165, 1.54) is 12.1 Å². The molecule has 0 aliphatic rings. The van der Waals surface area contributed by atoms with Crippen LogP contribution in [-0.2, 0) is 4.79 Å². The summed E-state index contributed by atoms with van der Waals surface area (Å²) < 4.78 is 74.6. The number of nitrogens with one attached hydrogen (secondary N) is 1. The quantitative estimate of drug-likeness (QED) is 0.624. The Hall–Kier alpha value is -1.25. The van der Waals surface area contributed by atoms with Crippen molar-refractivity contribution >= 4 is 21.8 Å². The molecule has 1 atom stereocenters. The predicted molar refractivity (Wildman–Crippen MR) is 66.7 cm³/mol. The molecule has 0 saturated carbocycles. The first-order valence-corrected chi connectivity index (χ1v) is 6.74. The average Bonchev–Trinajstić information content (AvgIpc) is 2.33. The zero-order valence-corrected chi connectivity index (χ0v) is 11.9. The molecule has 0 radical (unpaired) electrons. The van der Waals surface area contributed by atoms with Crippen molar-refractivity contribution in [3.8, 4) is 0 Å². The van der Waals surface area contributed by atoms with Gasteiger partial charge in [-0.3, -0.25) is 4.79 Å². The third kappa shape index (κ3) is 4.90. The molecular weight excluding hydrogens is 368 g/mol. The summed E-state index contributed by atoms with van der Waals surface area (Å²) in [5.41, 5.74) is 0.394. The van der Waals surface area contributed by atoms with Gasteiger partial charge in [0.05, 0.1) is 6.04 Å². The number of carbonyl (C=O) groups excluding carboxylic acids is 1. The van der Waals surface area contributed by atoms with E-state index in [-0.39, 0.29) is 5.33 Å². The molecule has 1 N–H and O–H groups in total. The lowest BCUT2D eigenvalue weighted by Gasteiger charge is -2.25. The Morgan fingerprint density at radius 2 is 1.52 bits per heavy atom. The Morgan fingerprint density at radius 3 is 1.90 bits per heavy atom. The van der Waals surface area contributed by atoms with Gasteiger partial charge in [-0.1, -0.05) is 46.3 Å². The van der Waals surface area contributed by atoms with Gasteiger partial charge < -0.3 is 5.32 Å². The Labute approximate surface area is 124 Å². The first-order chi connectivity index (χ1) is 9.57. The lowest BCUT2D eigenvalue weighted by atomic mass is 10.0. The smallest absolute Gasteiger partial charge is 0.348 e. The molecule has 0 aliphatic carbocycles. The molecule has 118 valence electrons. The van der Waals surface area contributed by atoms with Crippen LogP contribution in [0.4, 0.5) is 26.3 Å². The highest BCUT2D eigenvalue weighted by molar-refractivity contribution is 9.09. The summed E-state index contributed by atoms with van der Waals surface area (Å²) in [4.78, 5) is 11.4. The summed E-state index contributed by atoms with van der Waals surface area (Å²) in [7, 11) is 0. The average molecular weight is 378 g/mol. The van der Waals surface area contributed by atoms with Crippen LogP contribution in [0.2, 0.25) is 0 Å². The van der Waals surface area contributed by atoms with E-state index in [9.17, 15) is 31.1 Å². The lowest BCUT2D eigenvalue weighted by Crippen LogP contribution is -2.48. The fourth-order valence-corrected chi connectivity index (χ4v) is 2.17. The van der Waals surface area contributed by atoms with Crippen LogP contribution in [0.1, 0.15) is 11.6 Å². The molecule has 0 fully saturated rings. The number of rotatable bonds is 4. The molecule has 0 spiro atoms. The third-order valence-electron chi connectivity index (χ3n) is 2.59. The van der Waals surface area contributed by atoms with Gasteiger partial charge in [0, 0.05) is 5.33 Å². The number of hydrogen-bond donors (Lipinski definition) is 1. The Balaban J connectivity index is 2.96. The van der Waals surface area contributed by atoms with Crippen LogP contribution in [0.15, 0.2) is 30.3 Å². The van der Waals surface area contributed by atoms with Crippen LogP contribution in [-0.4, -0.2) is 23.6 Å². The van der Waals surface area contributed by atoms with Crippen LogP contribution < -0.4 is 5.32 Å². The summed E-state index contributed by atoms with van der Waals surface area (Å²) in [5, 5.41) is 1.75. The summed E-state index contributed by atoms with van der Waals surface area (Å²) in [5.74, 6) is -6.17. The summed E-state index contributed by atoms with van der Waals surface area (Å²) in [6.45, 7) is 0. The van der Waals surface area contributed by atoms with Crippen molar-refractivity contribution in [2.45, 2.75) is 18.4 Å². The Morgan fingerprint density at radius 1 is 1.05 bits per heavy atom. The standard InChI is InChI=1S/C12H10BrF6NO/c13-6-8(7-4-2-1-3-5-7)20-10(21)9(11(14,15)16)12(17,18)19/h1-5,8-9H,6H2,(H,20,21). The van der Waals surface area contributed by atoms with E-state index in [1.54, 1.807) is 23.5 Å². The van der Waals surface area contributed by atoms with Gasteiger partial charge in [0.1, 0.15) is 0 Å².